The minimum atomic E-state index is -0.462. The molecule has 1 aromatic carbocycles. The second-order valence-electron chi connectivity index (χ2n) is 7.46. The Kier molecular flexibility index (Phi) is 4.94. The summed E-state index contributed by atoms with van der Waals surface area (Å²) in [7, 11) is 0. The van der Waals surface area contributed by atoms with E-state index in [0.717, 1.165) is 31.2 Å². The van der Waals surface area contributed by atoms with Gasteiger partial charge in [-0.1, -0.05) is 42.7 Å². The van der Waals surface area contributed by atoms with Gasteiger partial charge in [-0.3, -0.25) is 9.78 Å². The molecule has 2 heterocycles. The zero-order valence-electron chi connectivity index (χ0n) is 15.6. The molecule has 0 bridgehead atoms. The zero-order chi connectivity index (χ0) is 18.8. The highest BCUT2D eigenvalue weighted by Gasteiger charge is 2.26. The maximum atomic E-state index is 12.9. The summed E-state index contributed by atoms with van der Waals surface area (Å²) >= 11 is 0. The largest absolute Gasteiger partial charge is 0.391 e. The first-order chi connectivity index (χ1) is 13.1. The van der Waals surface area contributed by atoms with Gasteiger partial charge in [0.25, 0.3) is 5.91 Å². The molecular weight excluding hydrogens is 338 g/mol. The Labute approximate surface area is 159 Å². The highest BCUT2D eigenvalue weighted by molar-refractivity contribution is 6.05. The van der Waals surface area contributed by atoms with E-state index in [2.05, 4.69) is 46.1 Å². The van der Waals surface area contributed by atoms with E-state index in [9.17, 15) is 9.90 Å². The molecule has 0 radical (unpaired) electrons. The van der Waals surface area contributed by atoms with Crippen molar-refractivity contribution in [2.75, 3.05) is 0 Å². The number of amides is 1. The topological polar surface area (TPSA) is 67.2 Å². The fraction of sp³-hybridized carbons (Fsp3) is 0.364. The number of fused-ring (bicyclic) bond motifs is 1. The zero-order valence-corrected chi connectivity index (χ0v) is 15.6. The van der Waals surface area contributed by atoms with Gasteiger partial charge in [-0.05, 0) is 37.5 Å². The van der Waals surface area contributed by atoms with Crippen molar-refractivity contribution in [2.45, 2.75) is 51.3 Å². The molecule has 27 heavy (non-hydrogen) atoms. The number of benzene rings is 1. The summed E-state index contributed by atoms with van der Waals surface area (Å²) in [6.45, 7) is 2.75. The van der Waals surface area contributed by atoms with Crippen molar-refractivity contribution in [3.05, 3.63) is 65.5 Å². The molecule has 5 nitrogen and oxygen atoms in total. The molecule has 1 fully saturated rings. The summed E-state index contributed by atoms with van der Waals surface area (Å²) in [6.07, 6.45) is 6.75. The summed E-state index contributed by atoms with van der Waals surface area (Å²) in [5, 5.41) is 13.2. The van der Waals surface area contributed by atoms with E-state index in [1.807, 2.05) is 18.3 Å². The Morgan fingerprint density at radius 3 is 2.78 bits per heavy atom. The molecule has 1 aliphatic rings. The van der Waals surface area contributed by atoms with Crippen LogP contribution in [-0.2, 0) is 6.54 Å². The number of pyridine rings is 1. The number of nitrogens with zero attached hydrogens (tertiary/aromatic N) is 2. The van der Waals surface area contributed by atoms with Crippen LogP contribution in [0, 0.1) is 6.92 Å². The lowest BCUT2D eigenvalue weighted by molar-refractivity contribution is 0.0718. The molecule has 5 heteroatoms. The predicted octanol–water partition coefficient (Wildman–Crippen LogP) is 3.43. The van der Waals surface area contributed by atoms with Crippen LogP contribution in [-0.4, -0.2) is 32.7 Å². The highest BCUT2D eigenvalue weighted by atomic mass is 16.3. The van der Waals surface area contributed by atoms with Gasteiger partial charge in [-0.2, -0.15) is 0 Å². The van der Waals surface area contributed by atoms with Crippen LogP contribution >= 0.6 is 0 Å². The first kappa shape index (κ1) is 17.7. The first-order valence-electron chi connectivity index (χ1n) is 9.60. The minimum Gasteiger partial charge on any atom is -0.391 e. The number of hydrogen-bond acceptors (Lipinski definition) is 3. The van der Waals surface area contributed by atoms with Crippen LogP contribution in [0.2, 0.25) is 0 Å². The molecule has 3 aromatic rings. The first-order valence-corrected chi connectivity index (χ1v) is 9.60. The number of aromatic nitrogens is 2. The summed E-state index contributed by atoms with van der Waals surface area (Å²) < 4.78 is 2.07. The minimum absolute atomic E-state index is 0.160. The van der Waals surface area contributed by atoms with Crippen molar-refractivity contribution in [3.8, 4) is 0 Å². The molecule has 2 aromatic heterocycles. The number of aliphatic hydroxyl groups is 1. The molecule has 140 valence electrons. The maximum Gasteiger partial charge on any atom is 0.255 e. The van der Waals surface area contributed by atoms with Crippen molar-refractivity contribution >= 4 is 16.9 Å². The molecule has 1 amide bonds. The van der Waals surface area contributed by atoms with Gasteiger partial charge in [0, 0.05) is 18.9 Å². The van der Waals surface area contributed by atoms with Gasteiger partial charge in [-0.25, -0.2) is 0 Å². The van der Waals surface area contributed by atoms with Crippen molar-refractivity contribution in [1.29, 1.82) is 0 Å². The molecule has 0 aliphatic heterocycles. The third-order valence-electron chi connectivity index (χ3n) is 5.40. The third kappa shape index (κ3) is 3.74. The lowest BCUT2D eigenvalue weighted by Crippen LogP contribution is -2.45. The highest BCUT2D eigenvalue weighted by Crippen LogP contribution is 2.23. The number of rotatable bonds is 4. The van der Waals surface area contributed by atoms with Crippen LogP contribution in [0.3, 0.4) is 0 Å². The molecule has 4 rings (SSSR count). The molecule has 0 unspecified atom stereocenters. The van der Waals surface area contributed by atoms with Gasteiger partial charge in [-0.15, -0.1) is 0 Å². The van der Waals surface area contributed by atoms with E-state index in [-0.39, 0.29) is 11.9 Å². The quantitative estimate of drug-likeness (QED) is 0.746. The molecular formula is C22H25N3O2. The van der Waals surface area contributed by atoms with Crippen molar-refractivity contribution < 1.29 is 9.90 Å². The normalized spacial score (nSPS) is 19.9. The number of carbonyl (C=O) groups excluding carboxylic acids is 1. The van der Waals surface area contributed by atoms with Crippen LogP contribution in [0.5, 0.6) is 0 Å². The summed E-state index contributed by atoms with van der Waals surface area (Å²) in [5.74, 6) is -0.160. The Balaban J connectivity index is 1.63. The third-order valence-corrected chi connectivity index (χ3v) is 5.40. The van der Waals surface area contributed by atoms with Crippen LogP contribution in [0.15, 0.2) is 48.8 Å². The van der Waals surface area contributed by atoms with Gasteiger partial charge < -0.3 is 15.0 Å². The number of hydrogen-bond donors (Lipinski definition) is 2. The predicted molar refractivity (Wildman–Crippen MR) is 106 cm³/mol. The average molecular weight is 363 g/mol. The van der Waals surface area contributed by atoms with E-state index in [1.165, 1.54) is 11.1 Å². The smallest absolute Gasteiger partial charge is 0.255 e. The van der Waals surface area contributed by atoms with Gasteiger partial charge in [0.05, 0.1) is 23.2 Å². The van der Waals surface area contributed by atoms with Crippen molar-refractivity contribution in [3.63, 3.8) is 0 Å². The Morgan fingerprint density at radius 2 is 2.00 bits per heavy atom. The van der Waals surface area contributed by atoms with Crippen LogP contribution < -0.4 is 5.32 Å². The van der Waals surface area contributed by atoms with E-state index in [0.29, 0.717) is 17.6 Å². The van der Waals surface area contributed by atoms with E-state index in [4.69, 9.17) is 0 Å². The standard InChI is InChI=1S/C22H25N3O2/c1-15-8-10-16(11-9-15)13-25-14-17(21-19(25)6-4-12-23-21)22(27)24-18-5-2-3-7-20(18)26/h4,6,8-12,14,18,20,26H,2-3,5,7,13H2,1H3,(H,24,27)/t18-,20-/m0/s1. The lowest BCUT2D eigenvalue weighted by atomic mass is 9.92. The molecule has 1 saturated carbocycles. The summed E-state index contributed by atoms with van der Waals surface area (Å²) in [5.41, 5.74) is 4.61. The van der Waals surface area contributed by atoms with E-state index >= 15 is 0 Å². The van der Waals surface area contributed by atoms with Gasteiger partial charge in [0.1, 0.15) is 5.52 Å². The Bertz CT molecular complexity index is 946. The Hall–Kier alpha value is -2.66. The van der Waals surface area contributed by atoms with E-state index < -0.39 is 6.10 Å². The van der Waals surface area contributed by atoms with Gasteiger partial charge in [0.15, 0.2) is 0 Å². The fourth-order valence-electron chi connectivity index (χ4n) is 3.84. The Morgan fingerprint density at radius 1 is 1.22 bits per heavy atom. The molecule has 2 N–H and O–H groups in total. The van der Waals surface area contributed by atoms with E-state index in [1.54, 1.807) is 6.20 Å². The second-order valence-corrected chi connectivity index (χ2v) is 7.46. The molecule has 0 saturated heterocycles. The van der Waals surface area contributed by atoms with Crippen LogP contribution in [0.25, 0.3) is 11.0 Å². The van der Waals surface area contributed by atoms with Crippen LogP contribution in [0.1, 0.15) is 47.2 Å². The SMILES string of the molecule is Cc1ccc(Cn2cc(C(=O)N[C@H]3CCCC[C@@H]3O)c3ncccc32)cc1. The average Bonchev–Trinajstić information content (AvgIpc) is 3.04. The summed E-state index contributed by atoms with van der Waals surface area (Å²) in [4.78, 5) is 17.4. The van der Waals surface area contributed by atoms with Crippen molar-refractivity contribution in [1.82, 2.24) is 14.9 Å². The second kappa shape index (κ2) is 7.53. The number of carbonyl (C=O) groups is 1. The number of aliphatic hydroxyl groups excluding tert-OH is 1. The number of nitrogens with one attached hydrogen (secondary N) is 1. The van der Waals surface area contributed by atoms with Gasteiger partial charge in [0.2, 0.25) is 0 Å². The number of aryl methyl sites for hydroxylation is 1. The molecule has 1 aliphatic carbocycles. The summed E-state index contributed by atoms with van der Waals surface area (Å²) in [6, 6.07) is 12.1. The van der Waals surface area contributed by atoms with Crippen LogP contribution in [0.4, 0.5) is 0 Å². The molecule has 2 atom stereocenters. The maximum absolute atomic E-state index is 12.9. The fourth-order valence-corrected chi connectivity index (χ4v) is 3.84. The lowest BCUT2D eigenvalue weighted by Gasteiger charge is -2.28. The molecule has 0 spiro atoms. The van der Waals surface area contributed by atoms with Crippen molar-refractivity contribution in [2.24, 2.45) is 0 Å². The monoisotopic (exact) mass is 363 g/mol. The van der Waals surface area contributed by atoms with Gasteiger partial charge >= 0.3 is 0 Å².